The molecule has 0 aromatic heterocycles. The van der Waals surface area contributed by atoms with Crippen LogP contribution in [0.15, 0.2) is 12.1 Å². The molecule has 1 saturated heterocycles. The van der Waals surface area contributed by atoms with Crippen molar-refractivity contribution in [2.45, 2.75) is 57.7 Å². The molecule has 1 saturated carbocycles. The van der Waals surface area contributed by atoms with Crippen molar-refractivity contribution in [3.63, 3.8) is 0 Å². The van der Waals surface area contributed by atoms with Crippen molar-refractivity contribution in [2.24, 2.45) is 11.3 Å². The third-order valence-electron chi connectivity index (χ3n) is 6.73. The highest BCUT2D eigenvalue weighted by Crippen LogP contribution is 2.63. The molecule has 1 spiro atoms. The molecule has 2 bridgehead atoms. The number of methoxy groups -OCH3 is 1. The largest absolute Gasteiger partial charge is 0.496 e. The van der Waals surface area contributed by atoms with Gasteiger partial charge in [0, 0.05) is 5.41 Å². The summed E-state index contributed by atoms with van der Waals surface area (Å²) in [5.74, 6) is 1.45. The minimum atomic E-state index is -0.210. The molecule has 0 amide bonds. The summed E-state index contributed by atoms with van der Waals surface area (Å²) in [7, 11) is 1.75. The van der Waals surface area contributed by atoms with Gasteiger partial charge in [0.1, 0.15) is 5.75 Å². The first-order valence-corrected chi connectivity index (χ1v) is 8.39. The smallest absolute Gasteiger partial charge is 0.122 e. The van der Waals surface area contributed by atoms with E-state index in [0.717, 1.165) is 31.6 Å². The van der Waals surface area contributed by atoms with E-state index in [9.17, 15) is 5.11 Å². The Hall–Kier alpha value is -1.06. The lowest BCUT2D eigenvalue weighted by Crippen LogP contribution is -2.60. The lowest BCUT2D eigenvalue weighted by atomic mass is 9.47. The van der Waals surface area contributed by atoms with Gasteiger partial charge in [-0.3, -0.25) is 0 Å². The molecule has 120 valence electrons. The third-order valence-corrected chi connectivity index (χ3v) is 6.73. The molecule has 2 aliphatic heterocycles. The molecule has 2 unspecified atom stereocenters. The van der Waals surface area contributed by atoms with Gasteiger partial charge >= 0.3 is 0 Å². The number of aryl methyl sites for hydroxylation is 1. The van der Waals surface area contributed by atoms with Gasteiger partial charge in [0.25, 0.3) is 0 Å². The zero-order valence-corrected chi connectivity index (χ0v) is 14.0. The van der Waals surface area contributed by atoms with Crippen LogP contribution in [0.5, 0.6) is 5.75 Å². The van der Waals surface area contributed by atoms with E-state index in [1.54, 1.807) is 7.11 Å². The summed E-state index contributed by atoms with van der Waals surface area (Å²) in [5.41, 5.74) is 3.94. The number of aliphatic hydroxyl groups excluding tert-OH is 1. The molecular weight excluding hydrogens is 276 g/mol. The van der Waals surface area contributed by atoms with Crippen LogP contribution >= 0.6 is 0 Å². The molecule has 22 heavy (non-hydrogen) atoms. The van der Waals surface area contributed by atoms with Gasteiger partial charge in [0.15, 0.2) is 0 Å². The molecular formula is C19H26O3. The summed E-state index contributed by atoms with van der Waals surface area (Å²) in [4.78, 5) is 0. The highest BCUT2D eigenvalue weighted by atomic mass is 16.5. The van der Waals surface area contributed by atoms with Gasteiger partial charge in [-0.2, -0.15) is 0 Å². The normalized spacial score (nSPS) is 38.3. The number of aliphatic hydroxyl groups is 1. The van der Waals surface area contributed by atoms with E-state index in [4.69, 9.17) is 9.47 Å². The van der Waals surface area contributed by atoms with Crippen molar-refractivity contribution in [2.75, 3.05) is 13.7 Å². The molecule has 5 rings (SSSR count). The lowest BCUT2D eigenvalue weighted by Gasteiger charge is -2.61. The van der Waals surface area contributed by atoms with E-state index >= 15 is 0 Å². The third kappa shape index (κ3) is 1.64. The molecule has 2 fully saturated rings. The maximum atomic E-state index is 10.5. The average molecular weight is 302 g/mol. The highest BCUT2D eigenvalue weighted by Gasteiger charge is 2.60. The number of ether oxygens (including phenoxy) is 2. The second-order valence-corrected chi connectivity index (χ2v) is 8.03. The van der Waals surface area contributed by atoms with Crippen LogP contribution in [-0.4, -0.2) is 24.9 Å². The van der Waals surface area contributed by atoms with Crippen molar-refractivity contribution >= 4 is 0 Å². The predicted octanol–water partition coefficient (Wildman–Crippen LogP) is 3.51. The standard InChI is InChI=1S/C19H26O3/c1-11-7-12-13(8-14(11)21-4)19-6-5-17(20)18(2,3)16(19)9-15(12)22-10-19/h7-8,15-17,20H,5-6,9-10H2,1-4H3/t15?,16?,17-,19-/m1/s1. The Bertz CT molecular complexity index is 621. The number of rotatable bonds is 1. The first-order chi connectivity index (χ1) is 10.4. The molecule has 2 aliphatic carbocycles. The van der Waals surface area contributed by atoms with E-state index in [1.165, 1.54) is 16.7 Å². The Morgan fingerprint density at radius 2 is 2.09 bits per heavy atom. The Kier molecular flexibility index (Phi) is 2.96. The number of hydrogen-bond acceptors (Lipinski definition) is 3. The average Bonchev–Trinajstić information content (AvgIpc) is 2.51. The van der Waals surface area contributed by atoms with Crippen molar-refractivity contribution in [1.82, 2.24) is 0 Å². The summed E-state index contributed by atoms with van der Waals surface area (Å²) in [6.07, 6.45) is 2.86. The fourth-order valence-electron chi connectivity index (χ4n) is 5.36. The summed E-state index contributed by atoms with van der Waals surface area (Å²) >= 11 is 0. The quantitative estimate of drug-likeness (QED) is 0.862. The van der Waals surface area contributed by atoms with E-state index in [-0.39, 0.29) is 23.0 Å². The van der Waals surface area contributed by atoms with Gasteiger partial charge in [0.2, 0.25) is 0 Å². The fraction of sp³-hybridized carbons (Fsp3) is 0.684. The van der Waals surface area contributed by atoms with Crippen molar-refractivity contribution in [1.29, 1.82) is 0 Å². The number of fused-ring (bicyclic) bond motifs is 1. The SMILES string of the molecule is COc1cc2c(cc1C)C1CC3C(C)(C)[C@H](O)CC[C@@]23CO1. The first kappa shape index (κ1) is 14.5. The number of benzene rings is 1. The summed E-state index contributed by atoms with van der Waals surface area (Å²) in [6, 6.07) is 4.51. The van der Waals surface area contributed by atoms with Crippen LogP contribution in [0.1, 0.15) is 55.9 Å². The molecule has 1 N–H and O–H groups in total. The van der Waals surface area contributed by atoms with Crippen molar-refractivity contribution < 1.29 is 14.6 Å². The summed E-state index contributed by atoms with van der Waals surface area (Å²) < 4.78 is 11.8. The Labute approximate surface area is 132 Å². The van der Waals surface area contributed by atoms with Gasteiger partial charge in [-0.25, -0.2) is 0 Å². The maximum Gasteiger partial charge on any atom is 0.122 e. The molecule has 0 radical (unpaired) electrons. The van der Waals surface area contributed by atoms with Crippen LogP contribution in [0.3, 0.4) is 0 Å². The Morgan fingerprint density at radius 1 is 1.32 bits per heavy atom. The summed E-state index contributed by atoms with van der Waals surface area (Å²) in [5, 5.41) is 10.5. The second-order valence-electron chi connectivity index (χ2n) is 8.03. The number of hydrogen-bond donors (Lipinski definition) is 1. The van der Waals surface area contributed by atoms with Crippen LogP contribution < -0.4 is 4.74 Å². The second kappa shape index (κ2) is 4.48. The van der Waals surface area contributed by atoms with E-state index in [0.29, 0.717) is 5.92 Å². The van der Waals surface area contributed by atoms with Gasteiger partial charge < -0.3 is 14.6 Å². The van der Waals surface area contributed by atoms with Gasteiger partial charge in [-0.1, -0.05) is 13.8 Å². The van der Waals surface area contributed by atoms with Gasteiger partial charge in [0.05, 0.1) is 25.9 Å². The predicted molar refractivity (Wildman–Crippen MR) is 85.2 cm³/mol. The molecule has 3 nitrogen and oxygen atoms in total. The highest BCUT2D eigenvalue weighted by molar-refractivity contribution is 5.50. The molecule has 1 aromatic carbocycles. The lowest BCUT2D eigenvalue weighted by molar-refractivity contribution is -0.169. The fourth-order valence-corrected chi connectivity index (χ4v) is 5.36. The van der Waals surface area contributed by atoms with Crippen LogP contribution in [0, 0.1) is 18.3 Å². The molecule has 4 aliphatic rings. The monoisotopic (exact) mass is 302 g/mol. The van der Waals surface area contributed by atoms with Crippen LogP contribution in [0.2, 0.25) is 0 Å². The summed E-state index contributed by atoms with van der Waals surface area (Å²) in [6.45, 7) is 7.35. The maximum absolute atomic E-state index is 10.5. The molecule has 2 heterocycles. The van der Waals surface area contributed by atoms with Gasteiger partial charge in [-0.15, -0.1) is 0 Å². The van der Waals surface area contributed by atoms with Gasteiger partial charge in [-0.05, 0) is 66.3 Å². The molecule has 1 aromatic rings. The molecule has 3 heteroatoms. The van der Waals surface area contributed by atoms with Crippen LogP contribution in [0.4, 0.5) is 0 Å². The van der Waals surface area contributed by atoms with Crippen LogP contribution in [0.25, 0.3) is 0 Å². The minimum Gasteiger partial charge on any atom is -0.496 e. The zero-order chi connectivity index (χ0) is 15.7. The topological polar surface area (TPSA) is 38.7 Å². The van der Waals surface area contributed by atoms with Crippen LogP contribution in [-0.2, 0) is 10.2 Å². The van der Waals surface area contributed by atoms with E-state index < -0.39 is 0 Å². The first-order valence-electron chi connectivity index (χ1n) is 8.39. The Morgan fingerprint density at radius 3 is 2.82 bits per heavy atom. The van der Waals surface area contributed by atoms with E-state index in [1.807, 2.05) is 0 Å². The molecule has 4 atom stereocenters. The van der Waals surface area contributed by atoms with Crippen molar-refractivity contribution in [3.8, 4) is 5.75 Å². The zero-order valence-electron chi connectivity index (χ0n) is 14.0. The Balaban J connectivity index is 1.91. The minimum absolute atomic E-state index is 0.0494. The van der Waals surface area contributed by atoms with E-state index in [2.05, 4.69) is 32.9 Å². The van der Waals surface area contributed by atoms with Crippen molar-refractivity contribution in [3.05, 3.63) is 28.8 Å².